The Bertz CT molecular complexity index is 1660. The fourth-order valence-electron chi connectivity index (χ4n) is 5.13. The lowest BCUT2D eigenvalue weighted by molar-refractivity contribution is 0.103. The topological polar surface area (TPSA) is 111 Å². The molecule has 0 bridgehead atoms. The van der Waals surface area contributed by atoms with Crippen LogP contribution in [0.4, 0.5) is 5.82 Å². The molecule has 1 N–H and O–H groups in total. The van der Waals surface area contributed by atoms with Crippen molar-refractivity contribution in [2.45, 2.75) is 18.9 Å². The van der Waals surface area contributed by atoms with Gasteiger partial charge in [0, 0.05) is 61.7 Å². The molecular weight excluding hydrogens is 458 g/mol. The number of nitrogens with zero attached hydrogens (tertiary/aromatic N) is 6. The van der Waals surface area contributed by atoms with Gasteiger partial charge in [-0.05, 0) is 37.1 Å². The Morgan fingerprint density at radius 1 is 1.08 bits per heavy atom. The van der Waals surface area contributed by atoms with Gasteiger partial charge in [0.2, 0.25) is 5.78 Å². The second kappa shape index (κ2) is 8.63. The summed E-state index contributed by atoms with van der Waals surface area (Å²) >= 11 is 0. The molecule has 1 saturated heterocycles. The summed E-state index contributed by atoms with van der Waals surface area (Å²) in [6.45, 7) is 1.42. The average molecular weight is 484 g/mol. The van der Waals surface area contributed by atoms with E-state index in [2.05, 4.69) is 24.8 Å². The Morgan fingerprint density at radius 3 is 2.72 bits per heavy atom. The molecule has 5 heterocycles. The van der Waals surface area contributed by atoms with Gasteiger partial charge in [-0.2, -0.15) is 0 Å². The van der Waals surface area contributed by atoms with Crippen LogP contribution in [0, 0.1) is 0 Å². The number of hydrogen-bond donors (Lipinski definition) is 1. The van der Waals surface area contributed by atoms with Crippen LogP contribution >= 0.6 is 0 Å². The molecule has 5 aromatic rings. The number of aromatic amines is 1. The number of benzene rings is 1. The average Bonchev–Trinajstić information content (AvgIpc) is 3.43. The van der Waals surface area contributed by atoms with Gasteiger partial charge in [0.15, 0.2) is 5.65 Å². The van der Waals surface area contributed by atoms with E-state index in [1.54, 1.807) is 19.4 Å². The van der Waals surface area contributed by atoms with Gasteiger partial charge in [0.05, 0.1) is 18.1 Å². The highest BCUT2D eigenvalue weighted by Gasteiger charge is 2.25. The van der Waals surface area contributed by atoms with E-state index in [0.29, 0.717) is 35.8 Å². The number of pyridine rings is 1. The summed E-state index contributed by atoms with van der Waals surface area (Å²) in [4.78, 5) is 44.0. The van der Waals surface area contributed by atoms with Crippen LogP contribution in [0.5, 0.6) is 5.75 Å². The van der Waals surface area contributed by atoms with E-state index in [1.807, 2.05) is 52.7 Å². The highest BCUT2D eigenvalue weighted by molar-refractivity contribution is 6.15. The fourth-order valence-corrected chi connectivity index (χ4v) is 5.13. The molecule has 0 unspecified atom stereocenters. The number of H-pyrrole nitrogens is 1. The summed E-state index contributed by atoms with van der Waals surface area (Å²) in [6, 6.07) is 11.2. The van der Waals surface area contributed by atoms with Gasteiger partial charge in [0.1, 0.15) is 23.6 Å². The highest BCUT2D eigenvalue weighted by Crippen LogP contribution is 2.29. The van der Waals surface area contributed by atoms with Crippen molar-refractivity contribution in [3.05, 3.63) is 76.9 Å². The lowest BCUT2D eigenvalue weighted by Gasteiger charge is -2.33. The molecule has 1 aliphatic rings. The second-order valence-electron chi connectivity index (χ2n) is 9.02. The number of ketones is 1. The van der Waals surface area contributed by atoms with Crippen molar-refractivity contribution in [1.82, 2.24) is 29.1 Å². The first kappa shape index (κ1) is 22.0. The summed E-state index contributed by atoms with van der Waals surface area (Å²) in [6.07, 6.45) is 6.50. The van der Waals surface area contributed by atoms with Gasteiger partial charge < -0.3 is 14.2 Å². The van der Waals surface area contributed by atoms with Crippen LogP contribution in [0.3, 0.4) is 0 Å². The van der Waals surface area contributed by atoms with Gasteiger partial charge in [0.25, 0.3) is 0 Å². The smallest absolute Gasteiger partial charge is 0.327 e. The number of hydrogen-bond acceptors (Lipinski definition) is 7. The number of rotatable bonds is 5. The van der Waals surface area contributed by atoms with E-state index in [1.165, 1.54) is 6.33 Å². The zero-order valence-electron chi connectivity index (χ0n) is 20.0. The minimum absolute atomic E-state index is 0.0716. The lowest BCUT2D eigenvalue weighted by atomic mass is 10.0. The van der Waals surface area contributed by atoms with Crippen molar-refractivity contribution < 1.29 is 9.53 Å². The summed E-state index contributed by atoms with van der Waals surface area (Å²) in [5, 5.41) is 0.850. The zero-order valence-corrected chi connectivity index (χ0v) is 20.0. The number of aromatic nitrogens is 6. The number of methoxy groups -OCH3 is 1. The van der Waals surface area contributed by atoms with E-state index < -0.39 is 0 Å². The first-order chi connectivity index (χ1) is 17.5. The Kier molecular flexibility index (Phi) is 5.28. The Hall–Kier alpha value is -4.47. The summed E-state index contributed by atoms with van der Waals surface area (Å²) in [7, 11) is 3.53. The number of carbonyl (C=O) groups excluding carboxylic acids is 1. The molecule has 0 saturated carbocycles. The molecule has 1 fully saturated rings. The van der Waals surface area contributed by atoms with Gasteiger partial charge in [-0.1, -0.05) is 0 Å². The molecule has 0 atom stereocenters. The minimum Gasteiger partial charge on any atom is -0.497 e. The number of anilines is 1. The maximum Gasteiger partial charge on any atom is 0.327 e. The van der Waals surface area contributed by atoms with Crippen LogP contribution in [0.15, 0.2) is 59.9 Å². The number of fused-ring (bicyclic) bond motifs is 2. The SMILES string of the molecule is COc1ccc2c(C(=O)c3cc(N4CCC(n5c(=O)[nH]c6ncccc65)CC4)ncn3)cn(C)c2c1. The molecule has 0 spiro atoms. The molecule has 6 rings (SSSR count). The number of nitrogens with one attached hydrogen (secondary N) is 1. The molecule has 10 heteroatoms. The van der Waals surface area contributed by atoms with Gasteiger partial charge in [-0.15, -0.1) is 0 Å². The standard InChI is InChI=1S/C26H25N7O3/c1-31-14-19(18-6-5-17(36-2)12-22(18)31)24(34)20-13-23(29-15-28-20)32-10-7-16(8-11-32)33-21-4-3-9-27-25(21)30-26(33)35/h3-6,9,12-16H,7-8,10-11H2,1-2H3,(H,27,30,35). The normalized spacial score (nSPS) is 14.6. The van der Waals surface area contributed by atoms with E-state index in [4.69, 9.17) is 4.74 Å². The lowest BCUT2D eigenvalue weighted by Crippen LogP contribution is -2.37. The van der Waals surface area contributed by atoms with Crippen molar-refractivity contribution in [1.29, 1.82) is 0 Å². The quantitative estimate of drug-likeness (QED) is 0.383. The minimum atomic E-state index is -0.151. The van der Waals surface area contributed by atoms with Crippen molar-refractivity contribution in [3.8, 4) is 5.75 Å². The second-order valence-corrected chi connectivity index (χ2v) is 9.02. The van der Waals surface area contributed by atoms with E-state index >= 15 is 0 Å². The number of piperidine rings is 1. The molecule has 36 heavy (non-hydrogen) atoms. The molecule has 0 aliphatic carbocycles. The van der Waals surface area contributed by atoms with Crippen LogP contribution < -0.4 is 15.3 Å². The monoisotopic (exact) mass is 483 g/mol. The molecule has 1 aliphatic heterocycles. The van der Waals surface area contributed by atoms with Gasteiger partial charge >= 0.3 is 5.69 Å². The predicted molar refractivity (Wildman–Crippen MR) is 136 cm³/mol. The van der Waals surface area contributed by atoms with Crippen molar-refractivity contribution in [2.24, 2.45) is 7.05 Å². The van der Waals surface area contributed by atoms with E-state index in [9.17, 15) is 9.59 Å². The van der Waals surface area contributed by atoms with E-state index in [-0.39, 0.29) is 17.5 Å². The number of carbonyl (C=O) groups is 1. The van der Waals surface area contributed by atoms with Crippen LogP contribution in [0.2, 0.25) is 0 Å². The van der Waals surface area contributed by atoms with E-state index in [0.717, 1.165) is 35.0 Å². The Morgan fingerprint density at radius 2 is 1.92 bits per heavy atom. The van der Waals surface area contributed by atoms with Crippen molar-refractivity contribution >= 4 is 33.7 Å². The summed E-state index contributed by atoms with van der Waals surface area (Å²) in [5.74, 6) is 1.30. The van der Waals surface area contributed by atoms with Crippen LogP contribution in [-0.2, 0) is 7.05 Å². The summed E-state index contributed by atoms with van der Waals surface area (Å²) < 4.78 is 9.05. The number of ether oxygens (including phenoxy) is 1. The predicted octanol–water partition coefficient (Wildman–Crippen LogP) is 3.09. The Labute approximate surface area is 206 Å². The zero-order chi connectivity index (χ0) is 24.8. The Balaban J connectivity index is 1.23. The molecule has 0 radical (unpaired) electrons. The van der Waals surface area contributed by atoms with Crippen molar-refractivity contribution in [2.75, 3.05) is 25.1 Å². The maximum atomic E-state index is 13.4. The molecular formula is C26H25N7O3. The van der Waals surface area contributed by atoms with Crippen LogP contribution in [0.1, 0.15) is 34.9 Å². The largest absolute Gasteiger partial charge is 0.497 e. The molecule has 10 nitrogen and oxygen atoms in total. The van der Waals surface area contributed by atoms with Crippen LogP contribution in [-0.4, -0.2) is 55.1 Å². The summed E-state index contributed by atoms with van der Waals surface area (Å²) in [5.41, 5.74) is 3.15. The third-order valence-corrected chi connectivity index (χ3v) is 6.97. The van der Waals surface area contributed by atoms with Crippen molar-refractivity contribution in [3.63, 3.8) is 0 Å². The first-order valence-corrected chi connectivity index (χ1v) is 11.8. The molecule has 182 valence electrons. The fraction of sp³-hybridized carbons (Fsp3) is 0.269. The first-order valence-electron chi connectivity index (χ1n) is 11.8. The molecule has 1 aromatic carbocycles. The molecule has 0 amide bonds. The number of imidazole rings is 1. The van der Waals surface area contributed by atoms with Gasteiger partial charge in [-0.3, -0.25) is 14.3 Å². The highest BCUT2D eigenvalue weighted by atomic mass is 16.5. The van der Waals surface area contributed by atoms with Gasteiger partial charge in [-0.25, -0.2) is 19.7 Å². The molecule has 4 aromatic heterocycles. The van der Waals surface area contributed by atoms with Crippen LogP contribution in [0.25, 0.3) is 22.1 Å². The number of aryl methyl sites for hydroxylation is 1. The maximum absolute atomic E-state index is 13.4. The third kappa shape index (κ3) is 3.62. The third-order valence-electron chi connectivity index (χ3n) is 6.97.